The molecule has 0 amide bonds. The van der Waals surface area contributed by atoms with Gasteiger partial charge in [0.1, 0.15) is 12.6 Å². The van der Waals surface area contributed by atoms with Gasteiger partial charge in [-0.2, -0.15) is 0 Å². The lowest BCUT2D eigenvalue weighted by Gasteiger charge is -2.24. The molecule has 1 aliphatic heterocycles. The smallest absolute Gasteiger partial charge is 0.323 e. The summed E-state index contributed by atoms with van der Waals surface area (Å²) in [4.78, 5) is 12.1. The van der Waals surface area contributed by atoms with Gasteiger partial charge < -0.3 is 10.1 Å². The molecule has 0 saturated heterocycles. The maximum Gasteiger partial charge on any atom is 0.323 e. The Morgan fingerprint density at radius 3 is 2.81 bits per heavy atom. The van der Waals surface area contributed by atoms with Crippen LogP contribution in [0.3, 0.4) is 0 Å². The number of carbonyl (C=O) groups excluding carboxylic acids is 1. The van der Waals surface area contributed by atoms with Crippen molar-refractivity contribution in [2.45, 2.75) is 25.6 Å². The van der Waals surface area contributed by atoms with Crippen molar-refractivity contribution in [3.05, 3.63) is 70.2 Å². The molecule has 0 bridgehead atoms. The van der Waals surface area contributed by atoms with Gasteiger partial charge in [-0.15, -0.1) is 0 Å². The molecular formula is C17H16ClNO2. The third-order valence-electron chi connectivity index (χ3n) is 3.64. The molecule has 0 spiro atoms. The lowest BCUT2D eigenvalue weighted by Crippen LogP contribution is -2.42. The number of benzene rings is 2. The Morgan fingerprint density at radius 2 is 2.00 bits per heavy atom. The van der Waals surface area contributed by atoms with E-state index in [9.17, 15) is 4.79 Å². The maximum atomic E-state index is 12.1. The van der Waals surface area contributed by atoms with Crippen LogP contribution < -0.4 is 5.32 Å². The van der Waals surface area contributed by atoms with Crippen molar-refractivity contribution in [1.82, 2.24) is 5.32 Å². The minimum atomic E-state index is -0.279. The van der Waals surface area contributed by atoms with Crippen molar-refractivity contribution >= 4 is 17.6 Å². The van der Waals surface area contributed by atoms with Crippen molar-refractivity contribution in [3.63, 3.8) is 0 Å². The van der Waals surface area contributed by atoms with E-state index in [-0.39, 0.29) is 18.6 Å². The SMILES string of the molecule is O=C(OCc1cccc(Cl)c1)[C@@H]1Cc2ccccc2CN1. The average Bonchev–Trinajstić information content (AvgIpc) is 2.52. The number of hydrogen-bond acceptors (Lipinski definition) is 3. The van der Waals surface area contributed by atoms with Crippen molar-refractivity contribution in [2.24, 2.45) is 0 Å². The standard InChI is InChI=1S/C17H16ClNO2/c18-15-7-3-4-12(8-15)11-21-17(20)16-9-13-5-1-2-6-14(13)10-19-16/h1-8,16,19H,9-11H2/t16-/m0/s1. The summed E-state index contributed by atoms with van der Waals surface area (Å²) < 4.78 is 5.38. The van der Waals surface area contributed by atoms with Crippen molar-refractivity contribution in [1.29, 1.82) is 0 Å². The fraction of sp³-hybridized carbons (Fsp3) is 0.235. The molecule has 4 heteroatoms. The van der Waals surface area contributed by atoms with E-state index >= 15 is 0 Å². The molecular weight excluding hydrogens is 286 g/mol. The number of fused-ring (bicyclic) bond motifs is 1. The summed E-state index contributed by atoms with van der Waals surface area (Å²) in [5, 5.41) is 3.87. The fourth-order valence-electron chi connectivity index (χ4n) is 2.50. The Kier molecular flexibility index (Phi) is 4.23. The molecule has 0 aromatic heterocycles. The first-order chi connectivity index (χ1) is 10.2. The fourth-order valence-corrected chi connectivity index (χ4v) is 2.72. The monoisotopic (exact) mass is 301 g/mol. The summed E-state index contributed by atoms with van der Waals surface area (Å²) in [5.41, 5.74) is 3.35. The Balaban J connectivity index is 1.59. The molecule has 0 radical (unpaired) electrons. The number of hydrogen-bond donors (Lipinski definition) is 1. The summed E-state index contributed by atoms with van der Waals surface area (Å²) in [6, 6.07) is 15.2. The van der Waals surface area contributed by atoms with Crippen molar-refractivity contribution < 1.29 is 9.53 Å². The van der Waals surface area contributed by atoms with E-state index in [2.05, 4.69) is 17.4 Å². The van der Waals surface area contributed by atoms with Gasteiger partial charge in [0, 0.05) is 11.6 Å². The molecule has 1 heterocycles. The molecule has 3 nitrogen and oxygen atoms in total. The van der Waals surface area contributed by atoms with Crippen LogP contribution in [0.4, 0.5) is 0 Å². The zero-order chi connectivity index (χ0) is 14.7. The average molecular weight is 302 g/mol. The molecule has 21 heavy (non-hydrogen) atoms. The van der Waals surface area contributed by atoms with E-state index < -0.39 is 0 Å². The van der Waals surface area contributed by atoms with Crippen LogP contribution in [0, 0.1) is 0 Å². The second kappa shape index (κ2) is 6.29. The lowest BCUT2D eigenvalue weighted by atomic mass is 9.96. The lowest BCUT2D eigenvalue weighted by molar-refractivity contribution is -0.147. The van der Waals surface area contributed by atoms with Crippen LogP contribution in [0.1, 0.15) is 16.7 Å². The van der Waals surface area contributed by atoms with Gasteiger partial charge in [0.15, 0.2) is 0 Å². The molecule has 2 aromatic rings. The first kappa shape index (κ1) is 14.1. The maximum absolute atomic E-state index is 12.1. The number of ether oxygens (including phenoxy) is 1. The van der Waals surface area contributed by atoms with Crippen LogP contribution in [0.25, 0.3) is 0 Å². The molecule has 0 unspecified atom stereocenters. The van der Waals surface area contributed by atoms with Gasteiger partial charge in [0.05, 0.1) is 0 Å². The van der Waals surface area contributed by atoms with Crippen molar-refractivity contribution in [3.8, 4) is 0 Å². The van der Waals surface area contributed by atoms with Crippen LogP contribution in [-0.4, -0.2) is 12.0 Å². The summed E-state index contributed by atoms with van der Waals surface area (Å²) in [6.07, 6.45) is 0.671. The van der Waals surface area contributed by atoms with E-state index in [1.807, 2.05) is 24.3 Å². The Hall–Kier alpha value is -1.84. The quantitative estimate of drug-likeness (QED) is 0.885. The van der Waals surface area contributed by atoms with E-state index in [1.165, 1.54) is 11.1 Å². The highest BCUT2D eigenvalue weighted by Crippen LogP contribution is 2.17. The second-order valence-corrected chi connectivity index (χ2v) is 5.58. The minimum Gasteiger partial charge on any atom is -0.460 e. The van der Waals surface area contributed by atoms with Gasteiger partial charge in [0.25, 0.3) is 0 Å². The predicted octanol–water partition coefficient (Wildman–Crippen LogP) is 3.10. The van der Waals surface area contributed by atoms with Crippen LogP contribution in [-0.2, 0) is 29.1 Å². The van der Waals surface area contributed by atoms with Crippen LogP contribution in [0.2, 0.25) is 5.02 Å². The molecule has 0 saturated carbocycles. The van der Waals surface area contributed by atoms with Crippen LogP contribution in [0.5, 0.6) is 0 Å². The summed E-state index contributed by atoms with van der Waals surface area (Å²) in [7, 11) is 0. The largest absolute Gasteiger partial charge is 0.460 e. The number of esters is 1. The molecule has 108 valence electrons. The molecule has 3 rings (SSSR count). The van der Waals surface area contributed by atoms with Gasteiger partial charge in [-0.1, -0.05) is 48.0 Å². The molecule has 1 N–H and O–H groups in total. The Labute approximate surface area is 128 Å². The molecule has 0 aliphatic carbocycles. The van der Waals surface area contributed by atoms with Gasteiger partial charge in [-0.3, -0.25) is 4.79 Å². The number of halogens is 1. The van der Waals surface area contributed by atoms with Gasteiger partial charge in [-0.05, 0) is 35.2 Å². The third kappa shape index (κ3) is 3.43. The minimum absolute atomic E-state index is 0.218. The van der Waals surface area contributed by atoms with Gasteiger partial charge in [0.2, 0.25) is 0 Å². The van der Waals surface area contributed by atoms with Gasteiger partial charge in [-0.25, -0.2) is 0 Å². The topological polar surface area (TPSA) is 38.3 Å². The molecule has 0 fully saturated rings. The van der Waals surface area contributed by atoms with Crippen LogP contribution >= 0.6 is 11.6 Å². The number of rotatable bonds is 3. The first-order valence-electron chi connectivity index (χ1n) is 6.93. The molecule has 1 atom stereocenters. The Morgan fingerprint density at radius 1 is 1.19 bits per heavy atom. The summed E-state index contributed by atoms with van der Waals surface area (Å²) in [5.74, 6) is -0.218. The van der Waals surface area contributed by atoms with Gasteiger partial charge >= 0.3 is 5.97 Å². The zero-order valence-electron chi connectivity index (χ0n) is 11.5. The normalized spacial score (nSPS) is 17.1. The van der Waals surface area contributed by atoms with Crippen molar-refractivity contribution in [2.75, 3.05) is 0 Å². The molecule has 2 aromatic carbocycles. The predicted molar refractivity (Wildman–Crippen MR) is 82.0 cm³/mol. The number of nitrogens with one attached hydrogen (secondary N) is 1. The van der Waals surface area contributed by atoms with E-state index in [0.29, 0.717) is 18.0 Å². The highest BCUT2D eigenvalue weighted by atomic mass is 35.5. The van der Waals surface area contributed by atoms with Crippen LogP contribution in [0.15, 0.2) is 48.5 Å². The Bertz CT molecular complexity index is 657. The summed E-state index contributed by atoms with van der Waals surface area (Å²) >= 11 is 5.91. The van der Waals surface area contributed by atoms with E-state index in [0.717, 1.165) is 5.56 Å². The highest BCUT2D eigenvalue weighted by molar-refractivity contribution is 6.30. The highest BCUT2D eigenvalue weighted by Gasteiger charge is 2.25. The third-order valence-corrected chi connectivity index (χ3v) is 3.87. The van der Waals surface area contributed by atoms with E-state index in [1.54, 1.807) is 12.1 Å². The first-order valence-corrected chi connectivity index (χ1v) is 7.31. The number of carbonyl (C=O) groups is 1. The molecule has 1 aliphatic rings. The second-order valence-electron chi connectivity index (χ2n) is 5.14. The summed E-state index contributed by atoms with van der Waals surface area (Å²) in [6.45, 7) is 0.951. The zero-order valence-corrected chi connectivity index (χ0v) is 12.3. The van der Waals surface area contributed by atoms with E-state index in [4.69, 9.17) is 16.3 Å².